The third kappa shape index (κ3) is 1.06. The van der Waals surface area contributed by atoms with E-state index in [2.05, 4.69) is 4.57 Å². The van der Waals surface area contributed by atoms with Crippen LogP contribution in [0.3, 0.4) is 0 Å². The Morgan fingerprint density at radius 2 is 2.33 bits per heavy atom. The van der Waals surface area contributed by atoms with E-state index >= 15 is 0 Å². The molecule has 15 heavy (non-hydrogen) atoms. The molecule has 3 nitrogen and oxygen atoms in total. The summed E-state index contributed by atoms with van der Waals surface area (Å²) < 4.78 is 2.11. The lowest BCUT2D eigenvalue weighted by Gasteiger charge is -2.22. The summed E-state index contributed by atoms with van der Waals surface area (Å²) in [5.41, 5.74) is 2.63. The minimum Gasteiger partial charge on any atom is -0.338 e. The number of Topliss-reactive ketones (excluding diaryl/α,β-unsaturated/α-hetero) is 2. The van der Waals surface area contributed by atoms with Crippen molar-refractivity contribution in [1.82, 2.24) is 4.57 Å². The van der Waals surface area contributed by atoms with Gasteiger partial charge < -0.3 is 4.57 Å². The lowest BCUT2D eigenvalue weighted by atomic mass is 9.97. The van der Waals surface area contributed by atoms with Crippen LogP contribution in [0, 0.1) is 0 Å². The zero-order chi connectivity index (χ0) is 10.6. The van der Waals surface area contributed by atoms with Gasteiger partial charge in [-0.05, 0) is 32.3 Å². The van der Waals surface area contributed by atoms with Crippen LogP contribution in [-0.2, 0) is 6.42 Å². The van der Waals surface area contributed by atoms with E-state index in [1.165, 1.54) is 0 Å². The second kappa shape index (κ2) is 2.81. The number of carbonyl (C=O) groups is 2. The first kappa shape index (κ1) is 8.89. The smallest absolute Gasteiger partial charge is 0.181 e. The van der Waals surface area contributed by atoms with Gasteiger partial charge in [0.05, 0.1) is 5.69 Å². The Hall–Kier alpha value is -1.38. The molecule has 0 spiro atoms. The normalized spacial score (nSPS) is 23.0. The first-order valence-corrected chi connectivity index (χ1v) is 5.46. The minimum absolute atomic E-state index is 0.0837. The van der Waals surface area contributed by atoms with Crippen molar-refractivity contribution in [2.24, 2.45) is 0 Å². The van der Waals surface area contributed by atoms with Crippen LogP contribution in [0.15, 0.2) is 6.07 Å². The summed E-state index contributed by atoms with van der Waals surface area (Å²) in [7, 11) is 0. The summed E-state index contributed by atoms with van der Waals surface area (Å²) in [6, 6.07) is 2.13. The maximum Gasteiger partial charge on any atom is 0.181 e. The van der Waals surface area contributed by atoms with E-state index in [-0.39, 0.29) is 11.6 Å². The SMILES string of the molecule is CC(=O)c1cc2n3c1CCC[C@H]3CC2=O. The Labute approximate surface area is 88.1 Å². The van der Waals surface area contributed by atoms with Gasteiger partial charge in [0, 0.05) is 23.7 Å². The van der Waals surface area contributed by atoms with E-state index in [0.717, 1.165) is 36.2 Å². The monoisotopic (exact) mass is 203 g/mol. The molecule has 1 aromatic heterocycles. The summed E-state index contributed by atoms with van der Waals surface area (Å²) >= 11 is 0. The van der Waals surface area contributed by atoms with Crippen LogP contribution in [0.1, 0.15) is 58.8 Å². The maximum absolute atomic E-state index is 11.7. The molecule has 0 aromatic carbocycles. The van der Waals surface area contributed by atoms with Gasteiger partial charge in [0.1, 0.15) is 0 Å². The van der Waals surface area contributed by atoms with Crippen molar-refractivity contribution in [2.45, 2.75) is 38.6 Å². The van der Waals surface area contributed by atoms with Gasteiger partial charge in [-0.3, -0.25) is 9.59 Å². The molecule has 78 valence electrons. The first-order chi connectivity index (χ1) is 7.18. The first-order valence-electron chi connectivity index (χ1n) is 5.46. The second-order valence-corrected chi connectivity index (χ2v) is 4.49. The number of hydrogen-bond donors (Lipinski definition) is 0. The Balaban J connectivity index is 2.25. The van der Waals surface area contributed by atoms with E-state index < -0.39 is 0 Å². The fourth-order valence-corrected chi connectivity index (χ4v) is 2.90. The quantitative estimate of drug-likeness (QED) is 0.656. The van der Waals surface area contributed by atoms with Gasteiger partial charge in [0.15, 0.2) is 11.6 Å². The number of nitrogens with zero attached hydrogens (tertiary/aromatic N) is 1. The zero-order valence-electron chi connectivity index (χ0n) is 8.75. The molecule has 2 aliphatic heterocycles. The van der Waals surface area contributed by atoms with Gasteiger partial charge in [-0.1, -0.05) is 0 Å². The van der Waals surface area contributed by atoms with Crippen LogP contribution in [0.25, 0.3) is 0 Å². The highest BCUT2D eigenvalue weighted by atomic mass is 16.1. The third-order valence-corrected chi connectivity index (χ3v) is 3.54. The van der Waals surface area contributed by atoms with E-state index in [0.29, 0.717) is 12.5 Å². The van der Waals surface area contributed by atoms with E-state index in [1.54, 1.807) is 13.0 Å². The van der Waals surface area contributed by atoms with Crippen molar-refractivity contribution >= 4 is 11.6 Å². The molecule has 1 atom stereocenters. The molecule has 0 aliphatic carbocycles. The summed E-state index contributed by atoms with van der Waals surface area (Å²) in [6.45, 7) is 1.58. The van der Waals surface area contributed by atoms with Gasteiger partial charge >= 0.3 is 0 Å². The molecule has 3 rings (SSSR count). The summed E-state index contributed by atoms with van der Waals surface area (Å²) in [4.78, 5) is 23.2. The molecule has 0 radical (unpaired) electrons. The summed E-state index contributed by atoms with van der Waals surface area (Å²) in [5.74, 6) is 0.288. The summed E-state index contributed by atoms with van der Waals surface area (Å²) in [5, 5.41) is 0. The topological polar surface area (TPSA) is 39.1 Å². The van der Waals surface area contributed by atoms with Crippen LogP contribution < -0.4 is 0 Å². The maximum atomic E-state index is 11.7. The minimum atomic E-state index is 0.0837. The van der Waals surface area contributed by atoms with Gasteiger partial charge in [-0.25, -0.2) is 0 Å². The van der Waals surface area contributed by atoms with Crippen molar-refractivity contribution in [2.75, 3.05) is 0 Å². The highest BCUT2D eigenvalue weighted by molar-refractivity contribution is 6.03. The van der Waals surface area contributed by atoms with Crippen molar-refractivity contribution in [1.29, 1.82) is 0 Å². The van der Waals surface area contributed by atoms with Crippen LogP contribution in [0.2, 0.25) is 0 Å². The molecule has 0 saturated carbocycles. The number of rotatable bonds is 1. The fraction of sp³-hybridized carbons (Fsp3) is 0.500. The van der Waals surface area contributed by atoms with Crippen molar-refractivity contribution in [3.63, 3.8) is 0 Å². The zero-order valence-corrected chi connectivity index (χ0v) is 8.75. The molecule has 0 fully saturated rings. The summed E-state index contributed by atoms with van der Waals surface area (Å²) in [6.07, 6.45) is 3.76. The Morgan fingerprint density at radius 3 is 3.07 bits per heavy atom. The fourth-order valence-electron chi connectivity index (χ4n) is 2.90. The predicted molar refractivity (Wildman–Crippen MR) is 55.4 cm³/mol. The molecule has 0 N–H and O–H groups in total. The highest BCUT2D eigenvalue weighted by Gasteiger charge is 2.35. The van der Waals surface area contributed by atoms with Crippen LogP contribution >= 0.6 is 0 Å². The van der Waals surface area contributed by atoms with Crippen LogP contribution in [-0.4, -0.2) is 16.1 Å². The molecule has 0 saturated heterocycles. The average Bonchev–Trinajstić information content (AvgIpc) is 2.71. The lowest BCUT2D eigenvalue weighted by Crippen LogP contribution is -2.15. The molecule has 0 unspecified atom stereocenters. The van der Waals surface area contributed by atoms with E-state index in [4.69, 9.17) is 0 Å². The average molecular weight is 203 g/mol. The molecule has 3 heteroatoms. The Bertz CT molecular complexity index is 469. The van der Waals surface area contributed by atoms with Crippen LogP contribution in [0.5, 0.6) is 0 Å². The van der Waals surface area contributed by atoms with Crippen molar-refractivity contribution < 1.29 is 9.59 Å². The number of carbonyl (C=O) groups excluding carboxylic acids is 2. The second-order valence-electron chi connectivity index (χ2n) is 4.49. The molecule has 0 bridgehead atoms. The van der Waals surface area contributed by atoms with Crippen molar-refractivity contribution in [3.05, 3.63) is 23.0 Å². The van der Waals surface area contributed by atoms with Crippen LogP contribution in [0.4, 0.5) is 0 Å². The molecular weight excluding hydrogens is 190 g/mol. The van der Waals surface area contributed by atoms with Gasteiger partial charge in [-0.15, -0.1) is 0 Å². The van der Waals surface area contributed by atoms with Gasteiger partial charge in [0.2, 0.25) is 0 Å². The van der Waals surface area contributed by atoms with Crippen molar-refractivity contribution in [3.8, 4) is 0 Å². The van der Waals surface area contributed by atoms with Gasteiger partial charge in [-0.2, -0.15) is 0 Å². The van der Waals surface area contributed by atoms with Gasteiger partial charge in [0.25, 0.3) is 0 Å². The highest BCUT2D eigenvalue weighted by Crippen LogP contribution is 2.38. The molecule has 0 amide bonds. The molecule has 3 heterocycles. The standard InChI is InChI=1S/C12H13NO2/c1-7(14)9-6-11-12(15)5-8-3-2-4-10(9)13(8)11/h6,8H,2-5H2,1H3/t8-/m0/s1. The molecule has 2 aliphatic rings. The molecule has 1 aromatic rings. The number of aromatic nitrogens is 1. The Kier molecular flexibility index (Phi) is 1.67. The number of hydrogen-bond acceptors (Lipinski definition) is 2. The molecular formula is C12H13NO2. The largest absolute Gasteiger partial charge is 0.338 e. The van der Waals surface area contributed by atoms with E-state index in [1.807, 2.05) is 0 Å². The lowest BCUT2D eigenvalue weighted by molar-refractivity contribution is 0.0987. The predicted octanol–water partition coefficient (Wildman–Crippen LogP) is 2.15. The third-order valence-electron chi connectivity index (χ3n) is 3.54. The van der Waals surface area contributed by atoms with E-state index in [9.17, 15) is 9.59 Å². The Morgan fingerprint density at radius 1 is 1.53 bits per heavy atom. The number of ketones is 2.